The number of rotatable bonds is 6. The molecule has 2 heterocycles. The fourth-order valence-corrected chi connectivity index (χ4v) is 5.11. The van der Waals surface area contributed by atoms with Crippen LogP contribution in [-0.2, 0) is 15.6 Å². The molecule has 2 amide bonds. The van der Waals surface area contributed by atoms with E-state index in [9.17, 15) is 13.2 Å². The van der Waals surface area contributed by atoms with E-state index < -0.39 is 9.84 Å². The number of likely N-dealkylation sites (tertiary alicyclic amines) is 1. The number of hydrogen-bond donors (Lipinski definition) is 3. The Bertz CT molecular complexity index is 1240. The number of nitrogens with zero attached hydrogens (tertiary/aromatic N) is 3. The second-order valence-electron chi connectivity index (χ2n) is 8.43. The third-order valence-electron chi connectivity index (χ3n) is 5.69. The second kappa shape index (κ2) is 10.2. The van der Waals surface area contributed by atoms with Gasteiger partial charge in [-0.15, -0.1) is 0 Å². The fraction of sp³-hybridized carbons (Fsp3) is 0.292. The quantitative estimate of drug-likeness (QED) is 0.494. The van der Waals surface area contributed by atoms with Gasteiger partial charge in [-0.2, -0.15) is 0 Å². The van der Waals surface area contributed by atoms with Crippen LogP contribution in [-0.4, -0.2) is 55.5 Å². The van der Waals surface area contributed by atoms with Crippen molar-refractivity contribution in [2.24, 2.45) is 0 Å². The Balaban J connectivity index is 1.43. The van der Waals surface area contributed by atoms with Crippen molar-refractivity contribution in [1.82, 2.24) is 20.2 Å². The van der Waals surface area contributed by atoms with Crippen LogP contribution in [0.3, 0.4) is 0 Å². The van der Waals surface area contributed by atoms with E-state index in [2.05, 4.69) is 32.5 Å². The number of benzene rings is 2. The maximum Gasteiger partial charge on any atom is 0.319 e. The first-order valence-corrected chi connectivity index (χ1v) is 12.7. The fourth-order valence-electron chi connectivity index (χ4n) is 3.84. The first-order chi connectivity index (χ1) is 16.3. The molecule has 0 spiro atoms. The lowest BCUT2D eigenvalue weighted by Crippen LogP contribution is -2.44. The van der Waals surface area contributed by atoms with E-state index >= 15 is 0 Å². The summed E-state index contributed by atoms with van der Waals surface area (Å²) in [5.74, 6) is 0.219. The van der Waals surface area contributed by atoms with Crippen molar-refractivity contribution >= 4 is 27.4 Å². The summed E-state index contributed by atoms with van der Waals surface area (Å²) in [4.78, 5) is 23.5. The summed E-state index contributed by atoms with van der Waals surface area (Å²) >= 11 is 0. The number of amides is 2. The van der Waals surface area contributed by atoms with Gasteiger partial charge in [-0.05, 0) is 69.4 Å². The average molecular weight is 481 g/mol. The highest BCUT2D eigenvalue weighted by Crippen LogP contribution is 2.22. The van der Waals surface area contributed by atoms with Gasteiger partial charge in [0.1, 0.15) is 5.82 Å². The molecule has 4 N–H and O–H groups in total. The monoisotopic (exact) mass is 480 g/mol. The highest BCUT2D eigenvalue weighted by atomic mass is 32.2. The van der Waals surface area contributed by atoms with Gasteiger partial charge in [0.15, 0.2) is 15.7 Å². The van der Waals surface area contributed by atoms with Crippen LogP contribution < -0.4 is 16.4 Å². The molecule has 10 heteroatoms. The van der Waals surface area contributed by atoms with Crippen LogP contribution in [0.5, 0.6) is 0 Å². The van der Waals surface area contributed by atoms with Crippen LogP contribution in [0.1, 0.15) is 18.5 Å². The summed E-state index contributed by atoms with van der Waals surface area (Å²) in [6.07, 6.45) is 1.86. The maximum absolute atomic E-state index is 12.7. The van der Waals surface area contributed by atoms with Crippen LogP contribution in [0, 0.1) is 0 Å². The lowest BCUT2D eigenvalue weighted by molar-refractivity contribution is 0.221. The number of nitrogens with two attached hydrogens (primary N) is 1. The molecule has 2 aromatic carbocycles. The predicted molar refractivity (Wildman–Crippen MR) is 132 cm³/mol. The molecule has 1 aliphatic heterocycles. The molecule has 3 aromatic rings. The highest BCUT2D eigenvalue weighted by Gasteiger charge is 2.19. The molecule has 34 heavy (non-hydrogen) atoms. The van der Waals surface area contributed by atoms with Gasteiger partial charge in [0.05, 0.1) is 16.3 Å². The number of carbonyl (C=O) groups excluding carboxylic acids is 1. The molecule has 9 nitrogen and oxygen atoms in total. The van der Waals surface area contributed by atoms with Crippen molar-refractivity contribution in [2.75, 3.05) is 31.2 Å². The Morgan fingerprint density at radius 3 is 2.41 bits per heavy atom. The standard InChI is InChI=1S/C24H28N6O3S/c1-30-13-11-19(12-14-30)28-24(31)27-18-9-7-17(8-10-18)23-26-20(15-22(25)29-23)16-34(32,33)21-5-3-2-4-6-21/h2-10,15,19H,11-14,16H2,1H3,(H2,25,26,29)(H2,27,28,31). The Morgan fingerprint density at radius 1 is 1.06 bits per heavy atom. The Morgan fingerprint density at radius 2 is 1.74 bits per heavy atom. The van der Waals surface area contributed by atoms with E-state index in [0.29, 0.717) is 22.8 Å². The summed E-state index contributed by atoms with van der Waals surface area (Å²) in [6.45, 7) is 1.93. The van der Waals surface area contributed by atoms with E-state index in [1.165, 1.54) is 6.07 Å². The number of urea groups is 1. The van der Waals surface area contributed by atoms with Crippen molar-refractivity contribution in [3.63, 3.8) is 0 Å². The molecule has 0 radical (unpaired) electrons. The number of carbonyl (C=O) groups is 1. The van der Waals surface area contributed by atoms with E-state index in [0.717, 1.165) is 25.9 Å². The summed E-state index contributed by atoms with van der Waals surface area (Å²) in [5.41, 5.74) is 7.53. The molecular formula is C24H28N6O3S. The summed E-state index contributed by atoms with van der Waals surface area (Å²) in [6, 6.07) is 16.6. The minimum atomic E-state index is -3.57. The van der Waals surface area contributed by atoms with Crippen LogP contribution in [0.15, 0.2) is 65.6 Å². The first-order valence-electron chi connectivity index (χ1n) is 11.1. The average Bonchev–Trinajstić information content (AvgIpc) is 2.81. The van der Waals surface area contributed by atoms with Crippen molar-refractivity contribution in [2.45, 2.75) is 29.5 Å². The van der Waals surface area contributed by atoms with Gasteiger partial charge in [0.25, 0.3) is 0 Å². The SMILES string of the molecule is CN1CCC(NC(=O)Nc2ccc(-c3nc(N)cc(CS(=O)(=O)c4ccccc4)n3)cc2)CC1. The van der Waals surface area contributed by atoms with Gasteiger partial charge in [-0.25, -0.2) is 23.2 Å². The van der Waals surface area contributed by atoms with Gasteiger partial charge in [-0.3, -0.25) is 0 Å². The Hall–Kier alpha value is -3.50. The molecule has 1 aromatic heterocycles. The topological polar surface area (TPSA) is 130 Å². The number of nitrogens with one attached hydrogen (secondary N) is 2. The van der Waals surface area contributed by atoms with Crippen LogP contribution in [0.2, 0.25) is 0 Å². The molecule has 0 bridgehead atoms. The number of piperidine rings is 1. The van der Waals surface area contributed by atoms with E-state index in [1.54, 1.807) is 54.6 Å². The number of anilines is 2. The maximum atomic E-state index is 12.7. The van der Waals surface area contributed by atoms with Crippen molar-refractivity contribution < 1.29 is 13.2 Å². The summed E-state index contributed by atoms with van der Waals surface area (Å²) in [7, 11) is -1.49. The van der Waals surface area contributed by atoms with Crippen LogP contribution >= 0.6 is 0 Å². The number of sulfone groups is 1. The number of hydrogen-bond acceptors (Lipinski definition) is 7. The third kappa shape index (κ3) is 6.09. The Labute approximate surface area is 199 Å². The van der Waals surface area contributed by atoms with E-state index in [4.69, 9.17) is 5.73 Å². The van der Waals surface area contributed by atoms with Crippen molar-refractivity contribution in [1.29, 1.82) is 0 Å². The molecular weight excluding hydrogens is 452 g/mol. The van der Waals surface area contributed by atoms with Crippen LogP contribution in [0.4, 0.5) is 16.3 Å². The van der Waals surface area contributed by atoms with Crippen molar-refractivity contribution in [3.8, 4) is 11.4 Å². The molecule has 0 saturated carbocycles. The minimum absolute atomic E-state index is 0.168. The van der Waals surface area contributed by atoms with Gasteiger partial charge < -0.3 is 21.3 Å². The smallest absolute Gasteiger partial charge is 0.319 e. The number of nitrogen functional groups attached to an aromatic ring is 1. The van der Waals surface area contributed by atoms with Crippen molar-refractivity contribution in [3.05, 3.63) is 66.4 Å². The molecule has 0 aliphatic carbocycles. The lowest BCUT2D eigenvalue weighted by atomic mass is 10.1. The van der Waals surface area contributed by atoms with Gasteiger partial charge in [-0.1, -0.05) is 18.2 Å². The normalized spacial score (nSPS) is 15.1. The minimum Gasteiger partial charge on any atom is -0.384 e. The molecule has 4 rings (SSSR count). The molecule has 178 valence electrons. The van der Waals surface area contributed by atoms with Gasteiger partial charge in [0.2, 0.25) is 0 Å². The van der Waals surface area contributed by atoms with Crippen LogP contribution in [0.25, 0.3) is 11.4 Å². The molecule has 1 fully saturated rings. The summed E-state index contributed by atoms with van der Waals surface area (Å²) in [5, 5.41) is 5.85. The largest absolute Gasteiger partial charge is 0.384 e. The second-order valence-corrected chi connectivity index (χ2v) is 10.4. The lowest BCUT2D eigenvalue weighted by Gasteiger charge is -2.29. The zero-order chi connectivity index (χ0) is 24.1. The van der Waals surface area contributed by atoms with Gasteiger partial charge >= 0.3 is 6.03 Å². The zero-order valence-electron chi connectivity index (χ0n) is 18.9. The predicted octanol–water partition coefficient (Wildman–Crippen LogP) is 2.92. The van der Waals surface area contributed by atoms with E-state index in [1.807, 2.05) is 0 Å². The third-order valence-corrected chi connectivity index (χ3v) is 7.36. The number of aromatic nitrogens is 2. The molecule has 0 unspecified atom stereocenters. The van der Waals surface area contributed by atoms with E-state index in [-0.39, 0.29) is 28.5 Å². The Kier molecular flexibility index (Phi) is 7.09. The molecule has 0 atom stereocenters. The molecule has 1 saturated heterocycles. The summed E-state index contributed by atoms with van der Waals surface area (Å²) < 4.78 is 25.4. The molecule has 1 aliphatic rings. The highest BCUT2D eigenvalue weighted by molar-refractivity contribution is 7.90. The van der Waals surface area contributed by atoms with Gasteiger partial charge in [0, 0.05) is 23.4 Å². The zero-order valence-corrected chi connectivity index (χ0v) is 19.8. The first kappa shape index (κ1) is 23.7.